The third kappa shape index (κ3) is 4.27. The van der Waals surface area contributed by atoms with E-state index in [0.717, 1.165) is 26.4 Å². The number of hydrogen-bond acceptors (Lipinski definition) is 5. The van der Waals surface area contributed by atoms with Gasteiger partial charge in [-0.05, 0) is 60.9 Å². The highest BCUT2D eigenvalue weighted by atomic mass is 35.5. The quantitative estimate of drug-likeness (QED) is 0.417. The minimum absolute atomic E-state index is 0.0463. The van der Waals surface area contributed by atoms with Gasteiger partial charge >= 0.3 is 0 Å². The predicted molar refractivity (Wildman–Crippen MR) is 132 cm³/mol. The molecule has 1 N–H and O–H groups in total. The Morgan fingerprint density at radius 3 is 2.70 bits per heavy atom. The molecule has 9 heteroatoms. The van der Waals surface area contributed by atoms with Crippen LogP contribution in [0.3, 0.4) is 0 Å². The van der Waals surface area contributed by atoms with E-state index in [4.69, 9.17) is 11.6 Å². The topological polar surface area (TPSA) is 79.4 Å². The first-order valence-electron chi connectivity index (χ1n) is 10.4. The van der Waals surface area contributed by atoms with Gasteiger partial charge < -0.3 is 5.32 Å². The van der Waals surface area contributed by atoms with E-state index in [-0.39, 0.29) is 15.5 Å². The van der Waals surface area contributed by atoms with Gasteiger partial charge in [0, 0.05) is 18.8 Å². The number of hydrogen-bond donors (Lipinski definition) is 1. The van der Waals surface area contributed by atoms with Gasteiger partial charge in [0.2, 0.25) is 10.0 Å². The van der Waals surface area contributed by atoms with E-state index >= 15 is 0 Å². The molecule has 0 unspecified atom stereocenters. The highest BCUT2D eigenvalue weighted by Crippen LogP contribution is 2.29. The number of aryl methyl sites for hydroxylation is 1. The third-order valence-electron chi connectivity index (χ3n) is 5.67. The van der Waals surface area contributed by atoms with Crippen LogP contribution in [0.4, 0.5) is 5.69 Å². The van der Waals surface area contributed by atoms with Crippen LogP contribution in [0, 0.1) is 6.92 Å². The van der Waals surface area contributed by atoms with Crippen molar-refractivity contribution in [2.45, 2.75) is 24.8 Å². The van der Waals surface area contributed by atoms with E-state index in [1.165, 1.54) is 33.8 Å². The number of halogens is 1. The van der Waals surface area contributed by atoms with E-state index in [9.17, 15) is 13.2 Å². The Morgan fingerprint density at radius 1 is 1.09 bits per heavy atom. The Kier molecular flexibility index (Phi) is 5.70. The Bertz CT molecular complexity index is 1500. The third-order valence-corrected chi connectivity index (χ3v) is 8.77. The number of anilines is 1. The zero-order chi connectivity index (χ0) is 23.2. The number of nitrogens with zero attached hydrogens (tertiary/aromatic N) is 2. The number of carbonyl (C=O) groups is 1. The lowest BCUT2D eigenvalue weighted by Crippen LogP contribution is -2.36. The molecule has 1 aromatic heterocycles. The van der Waals surface area contributed by atoms with E-state index < -0.39 is 15.9 Å². The Morgan fingerprint density at radius 2 is 1.88 bits per heavy atom. The molecule has 168 valence electrons. The Hall–Kier alpha value is -2.78. The molecule has 0 aliphatic carbocycles. The maximum Gasteiger partial charge on any atom is 0.257 e. The van der Waals surface area contributed by atoms with Gasteiger partial charge in [0.25, 0.3) is 5.91 Å². The summed E-state index contributed by atoms with van der Waals surface area (Å²) in [5.74, 6) is -0.471. The van der Waals surface area contributed by atoms with Crippen molar-refractivity contribution < 1.29 is 13.2 Å². The summed E-state index contributed by atoms with van der Waals surface area (Å²) >= 11 is 7.82. The lowest BCUT2D eigenvalue weighted by Gasteiger charge is -2.28. The molecular weight excluding hydrogens is 478 g/mol. The van der Waals surface area contributed by atoms with Gasteiger partial charge in [-0.2, -0.15) is 4.31 Å². The molecule has 0 atom stereocenters. The fourth-order valence-electron chi connectivity index (χ4n) is 3.98. The highest BCUT2D eigenvalue weighted by Gasteiger charge is 2.29. The normalized spacial score (nSPS) is 14.2. The van der Waals surface area contributed by atoms with Crippen LogP contribution in [-0.4, -0.2) is 30.2 Å². The lowest BCUT2D eigenvalue weighted by atomic mass is 10.0. The predicted octanol–water partition coefficient (Wildman–Crippen LogP) is 5.26. The summed E-state index contributed by atoms with van der Waals surface area (Å²) in [6.07, 6.45) is 0.649. The van der Waals surface area contributed by atoms with Crippen LogP contribution in [0.15, 0.2) is 65.6 Å². The number of sulfonamides is 1. The summed E-state index contributed by atoms with van der Waals surface area (Å²) in [6.45, 7) is 2.62. The Balaban J connectivity index is 1.41. The number of amides is 1. The second-order valence-electron chi connectivity index (χ2n) is 7.87. The molecule has 33 heavy (non-hydrogen) atoms. The molecule has 1 aliphatic heterocycles. The minimum Gasteiger partial charge on any atom is -0.322 e. The maximum atomic E-state index is 13.3. The molecule has 0 saturated heterocycles. The van der Waals surface area contributed by atoms with Crippen molar-refractivity contribution >= 4 is 54.8 Å². The molecule has 0 saturated carbocycles. The van der Waals surface area contributed by atoms with Crippen LogP contribution < -0.4 is 5.32 Å². The number of fused-ring (bicyclic) bond motifs is 2. The van der Waals surface area contributed by atoms with Crippen LogP contribution in [0.1, 0.15) is 26.5 Å². The van der Waals surface area contributed by atoms with Crippen molar-refractivity contribution in [3.63, 3.8) is 0 Å². The first kappa shape index (κ1) is 22.0. The van der Waals surface area contributed by atoms with E-state index in [1.807, 2.05) is 43.3 Å². The van der Waals surface area contributed by atoms with Crippen LogP contribution in [-0.2, 0) is 23.0 Å². The summed E-state index contributed by atoms with van der Waals surface area (Å²) in [5, 5.41) is 3.94. The minimum atomic E-state index is -3.79. The fourth-order valence-corrected chi connectivity index (χ4v) is 6.49. The van der Waals surface area contributed by atoms with Gasteiger partial charge in [0.1, 0.15) is 0 Å². The first-order chi connectivity index (χ1) is 15.8. The monoisotopic (exact) mass is 497 g/mol. The number of aromatic nitrogens is 1. The van der Waals surface area contributed by atoms with Gasteiger partial charge in [-0.15, -0.1) is 11.3 Å². The van der Waals surface area contributed by atoms with E-state index in [2.05, 4.69) is 10.3 Å². The summed E-state index contributed by atoms with van der Waals surface area (Å²) in [7, 11) is -3.79. The average Bonchev–Trinajstić information content (AvgIpc) is 3.18. The lowest BCUT2D eigenvalue weighted by molar-refractivity contribution is 0.102. The number of carbonyl (C=O) groups excluding carboxylic acids is 1. The molecular formula is C24H20ClN3O3S2. The van der Waals surface area contributed by atoms with Crippen molar-refractivity contribution in [3.8, 4) is 0 Å². The zero-order valence-corrected chi connectivity index (χ0v) is 20.1. The van der Waals surface area contributed by atoms with Crippen LogP contribution in [0.5, 0.6) is 0 Å². The summed E-state index contributed by atoms with van der Waals surface area (Å²) in [5.41, 5.74) is 3.72. The number of benzene rings is 3. The smallest absolute Gasteiger partial charge is 0.257 e. The molecule has 6 nitrogen and oxygen atoms in total. The van der Waals surface area contributed by atoms with Crippen molar-refractivity contribution in [2.75, 3.05) is 11.9 Å². The van der Waals surface area contributed by atoms with Crippen LogP contribution in [0.25, 0.3) is 10.2 Å². The largest absolute Gasteiger partial charge is 0.322 e. The molecule has 5 rings (SSSR count). The van der Waals surface area contributed by atoms with Gasteiger partial charge in [-0.25, -0.2) is 13.4 Å². The molecule has 3 aromatic carbocycles. The average molecular weight is 498 g/mol. The Labute approximate surface area is 200 Å². The van der Waals surface area contributed by atoms with E-state index in [1.54, 1.807) is 6.07 Å². The maximum absolute atomic E-state index is 13.3. The summed E-state index contributed by atoms with van der Waals surface area (Å²) in [6, 6.07) is 17.5. The number of nitrogens with one attached hydrogen (secondary N) is 1. The van der Waals surface area contributed by atoms with Crippen molar-refractivity contribution in [1.29, 1.82) is 0 Å². The highest BCUT2D eigenvalue weighted by molar-refractivity contribution is 7.89. The van der Waals surface area contributed by atoms with Gasteiger partial charge in [0.05, 0.1) is 30.7 Å². The molecule has 0 bridgehead atoms. The molecule has 0 fully saturated rings. The first-order valence-corrected chi connectivity index (χ1v) is 13.0. The van der Waals surface area contributed by atoms with Crippen LogP contribution >= 0.6 is 22.9 Å². The molecule has 1 amide bonds. The number of rotatable bonds is 4. The molecule has 0 radical (unpaired) electrons. The van der Waals surface area contributed by atoms with E-state index in [0.29, 0.717) is 25.2 Å². The standard InChI is InChI=1S/C24H20ClN3O3S2/c1-15-26-22-9-6-18(12-23(22)32-15)27-24(29)20-13-19(7-8-21(20)25)33(30,31)28-11-10-16-4-2-3-5-17(16)14-28/h2-9,12-13H,10-11,14H2,1H3,(H,27,29). The zero-order valence-electron chi connectivity index (χ0n) is 17.7. The summed E-state index contributed by atoms with van der Waals surface area (Å²) < 4.78 is 29.1. The van der Waals surface area contributed by atoms with Gasteiger partial charge in [0.15, 0.2) is 0 Å². The molecule has 4 aromatic rings. The van der Waals surface area contributed by atoms with Gasteiger partial charge in [-0.1, -0.05) is 35.9 Å². The molecule has 1 aliphatic rings. The molecule has 0 spiro atoms. The van der Waals surface area contributed by atoms with Crippen molar-refractivity contribution in [1.82, 2.24) is 9.29 Å². The SMILES string of the molecule is Cc1nc2ccc(NC(=O)c3cc(S(=O)(=O)N4CCc5ccccc5C4)ccc3Cl)cc2s1. The molecule has 2 heterocycles. The van der Waals surface area contributed by atoms with Crippen LogP contribution in [0.2, 0.25) is 5.02 Å². The number of thiazole rings is 1. The van der Waals surface area contributed by atoms with Crippen molar-refractivity contribution in [3.05, 3.63) is 87.4 Å². The van der Waals surface area contributed by atoms with Gasteiger partial charge in [-0.3, -0.25) is 4.79 Å². The fraction of sp³-hybridized carbons (Fsp3) is 0.167. The van der Waals surface area contributed by atoms with Crippen molar-refractivity contribution in [2.24, 2.45) is 0 Å². The summed E-state index contributed by atoms with van der Waals surface area (Å²) in [4.78, 5) is 17.4. The second kappa shape index (κ2) is 8.53. The second-order valence-corrected chi connectivity index (χ2v) is 11.4.